The molecule has 4 aliphatic rings. The third-order valence-electron chi connectivity index (χ3n) is 10.9. The van der Waals surface area contributed by atoms with Crippen LogP contribution in [0.1, 0.15) is 78.6 Å². The molecule has 1 saturated heterocycles. The molecule has 5 atom stereocenters. The van der Waals surface area contributed by atoms with Gasteiger partial charge in [0.2, 0.25) is 27.7 Å². The van der Waals surface area contributed by atoms with Crippen molar-refractivity contribution in [1.29, 1.82) is 0 Å². The van der Waals surface area contributed by atoms with Crippen LogP contribution in [0.5, 0.6) is 11.6 Å². The average Bonchev–Trinajstić information content (AvgIpc) is 4.09. The number of hydrogen-bond donors (Lipinski definition) is 3. The van der Waals surface area contributed by atoms with Crippen molar-refractivity contribution in [2.75, 3.05) is 13.7 Å². The zero-order valence-corrected chi connectivity index (χ0v) is 33.6. The number of allylic oxidation sites excluding steroid dienone is 1. The average molecular weight is 802 g/mol. The highest BCUT2D eigenvalue weighted by atomic mass is 32.2. The minimum Gasteiger partial charge on any atom is -0.497 e. The van der Waals surface area contributed by atoms with E-state index in [1.54, 1.807) is 33.9 Å². The zero-order valence-electron chi connectivity index (χ0n) is 32.8. The first-order chi connectivity index (χ1) is 27.2. The lowest BCUT2D eigenvalue weighted by molar-refractivity contribution is -0.141. The highest BCUT2D eigenvalue weighted by molar-refractivity contribution is 7.91. The number of carbonyl (C=O) groups excluding carboxylic acids is 4. The van der Waals surface area contributed by atoms with Gasteiger partial charge in [-0.2, -0.15) is 0 Å². The lowest BCUT2D eigenvalue weighted by Crippen LogP contribution is -2.58. The molecule has 3 heterocycles. The molecule has 1 aromatic heterocycles. The molecule has 1 unspecified atom stereocenters. The molecule has 4 amide bonds. The quantitative estimate of drug-likeness (QED) is 0.258. The van der Waals surface area contributed by atoms with Crippen molar-refractivity contribution in [3.63, 3.8) is 0 Å². The van der Waals surface area contributed by atoms with Gasteiger partial charge in [0.05, 0.1) is 24.6 Å². The molecule has 7 rings (SSSR count). The van der Waals surface area contributed by atoms with E-state index in [2.05, 4.69) is 15.4 Å². The fourth-order valence-corrected chi connectivity index (χ4v) is 9.00. The van der Waals surface area contributed by atoms with E-state index in [1.807, 2.05) is 60.7 Å². The summed E-state index contributed by atoms with van der Waals surface area (Å²) in [4.78, 5) is 62.3. The number of alkyl carbamates (subject to hydrolysis) is 1. The summed E-state index contributed by atoms with van der Waals surface area (Å²) in [6.07, 6.45) is 6.65. The lowest BCUT2D eigenvalue weighted by Gasteiger charge is -2.30. The maximum absolute atomic E-state index is 14.6. The van der Waals surface area contributed by atoms with Crippen molar-refractivity contribution in [2.45, 2.75) is 113 Å². The molecule has 14 nitrogen and oxygen atoms in total. The number of methoxy groups -OCH3 is 1. The van der Waals surface area contributed by atoms with Gasteiger partial charge in [-0.05, 0) is 88.9 Å². The van der Waals surface area contributed by atoms with Gasteiger partial charge in [0.1, 0.15) is 35.1 Å². The van der Waals surface area contributed by atoms with Crippen molar-refractivity contribution in [3.05, 3.63) is 66.7 Å². The Kier molecular flexibility index (Phi) is 11.2. The van der Waals surface area contributed by atoms with Gasteiger partial charge in [-0.1, -0.05) is 55.3 Å². The van der Waals surface area contributed by atoms with Crippen molar-refractivity contribution in [3.8, 4) is 22.9 Å². The van der Waals surface area contributed by atoms with Crippen molar-refractivity contribution >= 4 is 44.6 Å². The zero-order chi connectivity index (χ0) is 40.5. The third kappa shape index (κ3) is 9.19. The number of nitrogens with zero attached hydrogens (tertiary/aromatic N) is 2. The summed E-state index contributed by atoms with van der Waals surface area (Å²) in [5.41, 5.74) is -0.822. The Bertz CT molecular complexity index is 2170. The normalized spacial score (nSPS) is 26.1. The number of aromatic nitrogens is 1. The number of fused-ring (bicyclic) bond motifs is 3. The Morgan fingerprint density at radius 1 is 1.00 bits per heavy atom. The second-order valence-corrected chi connectivity index (χ2v) is 18.4. The van der Waals surface area contributed by atoms with E-state index in [0.29, 0.717) is 54.8 Å². The molecular formula is C42H51N5O9S. The molecule has 2 aromatic carbocycles. The van der Waals surface area contributed by atoms with Crippen LogP contribution in [-0.2, 0) is 29.1 Å². The van der Waals surface area contributed by atoms with E-state index < -0.39 is 74.3 Å². The maximum Gasteiger partial charge on any atom is 0.408 e. The summed E-state index contributed by atoms with van der Waals surface area (Å²) < 4.78 is 45.7. The lowest BCUT2D eigenvalue weighted by atomic mass is 10.0. The second kappa shape index (κ2) is 16.0. The number of ether oxygens (including phenoxy) is 3. The third-order valence-corrected chi connectivity index (χ3v) is 12.7. The second-order valence-electron chi connectivity index (χ2n) is 16.5. The minimum absolute atomic E-state index is 0.0309. The van der Waals surface area contributed by atoms with Crippen LogP contribution >= 0.6 is 0 Å². The predicted molar refractivity (Wildman–Crippen MR) is 213 cm³/mol. The number of carbonyl (C=O) groups is 4. The van der Waals surface area contributed by atoms with Crippen LogP contribution in [0.3, 0.4) is 0 Å². The van der Waals surface area contributed by atoms with Crippen LogP contribution in [0.4, 0.5) is 4.79 Å². The molecule has 0 radical (unpaired) electrons. The molecule has 15 heteroatoms. The van der Waals surface area contributed by atoms with Crippen molar-refractivity contribution in [2.24, 2.45) is 5.92 Å². The Morgan fingerprint density at radius 3 is 2.49 bits per heavy atom. The summed E-state index contributed by atoms with van der Waals surface area (Å²) in [7, 11) is -2.32. The van der Waals surface area contributed by atoms with Crippen molar-refractivity contribution < 1.29 is 41.8 Å². The van der Waals surface area contributed by atoms with Gasteiger partial charge in [-0.25, -0.2) is 18.2 Å². The number of nitrogens with one attached hydrogen (secondary N) is 3. The smallest absolute Gasteiger partial charge is 0.408 e. The number of amides is 4. The highest BCUT2D eigenvalue weighted by Gasteiger charge is 2.62. The number of rotatable bonds is 8. The number of hydrogen-bond acceptors (Lipinski definition) is 10. The molecule has 0 spiro atoms. The predicted octanol–water partition coefficient (Wildman–Crippen LogP) is 5.16. The van der Waals surface area contributed by atoms with E-state index in [9.17, 15) is 27.6 Å². The first-order valence-electron chi connectivity index (χ1n) is 19.7. The fourth-order valence-electron chi connectivity index (χ4n) is 7.63. The molecular weight excluding hydrogens is 751 g/mol. The monoisotopic (exact) mass is 801 g/mol. The van der Waals surface area contributed by atoms with E-state index in [0.717, 1.165) is 23.8 Å². The Morgan fingerprint density at radius 2 is 1.77 bits per heavy atom. The molecule has 3 aromatic rings. The summed E-state index contributed by atoms with van der Waals surface area (Å²) in [6, 6.07) is 14.9. The minimum atomic E-state index is -3.90. The van der Waals surface area contributed by atoms with Crippen LogP contribution in [0.15, 0.2) is 66.7 Å². The van der Waals surface area contributed by atoms with Crippen LogP contribution in [0, 0.1) is 5.92 Å². The molecule has 2 saturated carbocycles. The Labute approximate surface area is 333 Å². The van der Waals surface area contributed by atoms with Gasteiger partial charge in [-0.15, -0.1) is 0 Å². The van der Waals surface area contributed by atoms with Gasteiger partial charge in [0.15, 0.2) is 0 Å². The van der Waals surface area contributed by atoms with Crippen LogP contribution < -0.4 is 24.8 Å². The summed E-state index contributed by atoms with van der Waals surface area (Å²) >= 11 is 0. The molecule has 3 N–H and O–H groups in total. The van der Waals surface area contributed by atoms with Crippen LogP contribution in [0.2, 0.25) is 0 Å². The van der Waals surface area contributed by atoms with Gasteiger partial charge in [-0.3, -0.25) is 19.1 Å². The standard InChI is InChI=1S/C42H51N5O9S/c1-41(2,3)56-40(51)44-33-16-12-7-5-6-11-15-28-24-42(28,39(50)46-57(52,53)31-18-19-31)45-36(48)35-23-30(25-47(35)38(33)49)55-37-32-20-17-29(54-4)21-27(32)22-34(43-37)26-13-9-8-10-14-26/h8-11,13-15,17,20-22,28,30-31,33,35H,5-7,12,16,18-19,23-25H2,1-4H3,(H,44,51)(H,45,48)(H,46,50)/b15-11-/t28-,30?,33+,35+,42-/m1/s1. The van der Waals surface area contributed by atoms with Gasteiger partial charge >= 0.3 is 6.09 Å². The van der Waals surface area contributed by atoms with Crippen LogP contribution in [-0.4, -0.2) is 90.3 Å². The number of sulfonamides is 1. The first kappa shape index (κ1) is 40.0. The van der Waals surface area contributed by atoms with E-state index in [-0.39, 0.29) is 19.4 Å². The van der Waals surface area contributed by atoms with E-state index in [4.69, 9.17) is 19.2 Å². The van der Waals surface area contributed by atoms with Crippen molar-refractivity contribution in [1.82, 2.24) is 25.2 Å². The summed E-state index contributed by atoms with van der Waals surface area (Å²) in [5.74, 6) is -1.41. The van der Waals surface area contributed by atoms with Gasteiger partial charge < -0.3 is 29.7 Å². The van der Waals surface area contributed by atoms with Gasteiger partial charge in [0.25, 0.3) is 5.91 Å². The fraction of sp³-hybridized carbons (Fsp3) is 0.500. The molecule has 304 valence electrons. The molecule has 2 aliphatic heterocycles. The topological polar surface area (TPSA) is 182 Å². The van der Waals surface area contributed by atoms with Gasteiger partial charge in [0, 0.05) is 23.3 Å². The SMILES string of the molecule is COc1ccc2c(OC3C[C@H]4C(=O)N[C@]5(C(=O)NS(=O)(=O)C6CC6)C[C@H]5/C=C\CCCCC[C@H](NC(=O)OC(C)(C)C)C(=O)N4C3)nc(-c3ccccc3)cc2c1. The van der Waals surface area contributed by atoms with Crippen LogP contribution in [0.25, 0.3) is 22.0 Å². The summed E-state index contributed by atoms with van der Waals surface area (Å²) in [5, 5.41) is 6.53. The molecule has 57 heavy (non-hydrogen) atoms. The molecule has 0 bridgehead atoms. The Balaban J connectivity index is 1.23. The Hall–Kier alpha value is -5.18. The summed E-state index contributed by atoms with van der Waals surface area (Å²) in [6.45, 7) is 5.16. The van der Waals surface area contributed by atoms with E-state index >= 15 is 0 Å². The van der Waals surface area contributed by atoms with E-state index in [1.165, 1.54) is 4.90 Å². The maximum atomic E-state index is 14.6. The number of pyridine rings is 1. The molecule has 2 aliphatic carbocycles. The largest absolute Gasteiger partial charge is 0.497 e. The highest BCUT2D eigenvalue weighted by Crippen LogP contribution is 2.46. The number of benzene rings is 2. The first-order valence-corrected chi connectivity index (χ1v) is 21.3. The molecule has 3 fully saturated rings.